The number of hydrogen-bond acceptors (Lipinski definition) is 1. The van der Waals surface area contributed by atoms with Crippen LogP contribution in [0.4, 0.5) is 0 Å². The van der Waals surface area contributed by atoms with Gasteiger partial charge in [0, 0.05) is 0 Å². The van der Waals surface area contributed by atoms with Gasteiger partial charge in [0.15, 0.2) is 0 Å². The standard InChI is InChI=1S/C7H16I2N2/c1-10(2)7-3-5-11(9-8)6-4-7/h7,11H,3-6H2,1-2H3. The summed E-state index contributed by atoms with van der Waals surface area (Å²) in [7, 11) is 4.41. The van der Waals surface area contributed by atoms with Crippen molar-refractivity contribution in [1.29, 1.82) is 0 Å². The van der Waals surface area contributed by atoms with E-state index in [0.717, 1.165) is 6.04 Å². The van der Waals surface area contributed by atoms with Gasteiger partial charge in [-0.3, -0.25) is 0 Å². The van der Waals surface area contributed by atoms with Gasteiger partial charge in [-0.15, -0.1) is 0 Å². The first-order valence-corrected chi connectivity index (χ1v) is 11.4. The number of halogens is 2. The molecule has 0 aromatic carbocycles. The van der Waals surface area contributed by atoms with E-state index in [1.165, 1.54) is 25.9 Å². The van der Waals surface area contributed by atoms with Crippen molar-refractivity contribution < 1.29 is 20.6 Å². The SMILES string of the molecule is CN(C)C1CC[NH+]([I-]I)CC1. The molecule has 4 heteroatoms. The van der Waals surface area contributed by atoms with Crippen LogP contribution in [0.1, 0.15) is 12.8 Å². The van der Waals surface area contributed by atoms with Crippen LogP contribution in [0.5, 0.6) is 0 Å². The Morgan fingerprint density at radius 3 is 2.27 bits per heavy atom. The van der Waals surface area contributed by atoms with E-state index in [4.69, 9.17) is 0 Å². The van der Waals surface area contributed by atoms with E-state index in [1.807, 2.05) is 3.11 Å². The van der Waals surface area contributed by atoms with Crippen LogP contribution < -0.4 is 20.6 Å². The summed E-state index contributed by atoms with van der Waals surface area (Å²) in [5.74, 6) is 0. The summed E-state index contributed by atoms with van der Waals surface area (Å²) in [6.07, 6.45) is 2.82. The molecule has 68 valence electrons. The second kappa shape index (κ2) is 5.18. The van der Waals surface area contributed by atoms with E-state index < -0.39 is 0 Å². The van der Waals surface area contributed by atoms with Gasteiger partial charge in [0.2, 0.25) is 0 Å². The van der Waals surface area contributed by atoms with Gasteiger partial charge in [-0.1, -0.05) is 0 Å². The molecule has 0 bridgehead atoms. The molecule has 11 heavy (non-hydrogen) atoms. The Bertz CT molecular complexity index is 111. The molecule has 1 aliphatic rings. The van der Waals surface area contributed by atoms with Crippen LogP contribution in [0, 0.1) is 0 Å². The molecule has 0 saturated carbocycles. The van der Waals surface area contributed by atoms with Gasteiger partial charge in [0.1, 0.15) is 0 Å². The van der Waals surface area contributed by atoms with Crippen LogP contribution in [0.3, 0.4) is 0 Å². The fraction of sp³-hybridized carbons (Fsp3) is 1.00. The van der Waals surface area contributed by atoms with E-state index in [2.05, 4.69) is 37.6 Å². The fourth-order valence-electron chi connectivity index (χ4n) is 1.50. The summed E-state index contributed by atoms with van der Waals surface area (Å²) in [5.41, 5.74) is 0. The Morgan fingerprint density at radius 1 is 1.36 bits per heavy atom. The quantitative estimate of drug-likeness (QED) is 0.394. The maximum absolute atomic E-state index is 2.59. The van der Waals surface area contributed by atoms with Crippen molar-refractivity contribution in [3.05, 3.63) is 0 Å². The molecule has 0 amide bonds. The second-order valence-corrected chi connectivity index (χ2v) is 7.95. The molecule has 1 fully saturated rings. The Morgan fingerprint density at radius 2 is 1.91 bits per heavy atom. The Hall–Kier alpha value is 1.38. The molecule has 0 unspecified atom stereocenters. The zero-order chi connectivity index (χ0) is 8.27. The van der Waals surface area contributed by atoms with E-state index in [9.17, 15) is 0 Å². The average Bonchev–Trinajstić information content (AvgIpc) is 2.05. The second-order valence-electron chi connectivity index (χ2n) is 3.28. The average molecular weight is 382 g/mol. The Labute approximate surface area is 89.5 Å². The van der Waals surface area contributed by atoms with Gasteiger partial charge in [-0.05, 0) is 0 Å². The summed E-state index contributed by atoms with van der Waals surface area (Å²) in [6.45, 7) is 2.83. The van der Waals surface area contributed by atoms with Crippen molar-refractivity contribution >= 4 is 18.6 Å². The molecular formula is C7H16I2N2. The fourth-order valence-corrected chi connectivity index (χ4v) is 5.27. The van der Waals surface area contributed by atoms with Crippen LogP contribution in [0.2, 0.25) is 0 Å². The minimum atomic E-state index is 0.415. The molecule has 0 aromatic heterocycles. The zero-order valence-electron chi connectivity index (χ0n) is 7.11. The number of quaternary nitrogens is 1. The van der Waals surface area contributed by atoms with E-state index in [0.29, 0.717) is 17.5 Å². The number of piperidine rings is 1. The van der Waals surface area contributed by atoms with Crippen molar-refractivity contribution in [3.8, 4) is 0 Å². The number of rotatable bonds is 2. The third kappa shape index (κ3) is 3.31. The van der Waals surface area contributed by atoms with Crippen molar-refractivity contribution in [2.75, 3.05) is 27.2 Å². The predicted molar refractivity (Wildman–Crippen MR) is 51.4 cm³/mol. The third-order valence-corrected chi connectivity index (χ3v) is 7.85. The molecule has 1 aliphatic heterocycles. The molecule has 0 spiro atoms. The summed E-state index contributed by atoms with van der Waals surface area (Å²) in [4.78, 5) is 2.38. The van der Waals surface area contributed by atoms with Crippen molar-refractivity contribution in [1.82, 2.24) is 4.90 Å². The first-order chi connectivity index (χ1) is 5.24. The van der Waals surface area contributed by atoms with E-state index >= 15 is 0 Å². The van der Waals surface area contributed by atoms with Crippen LogP contribution in [-0.4, -0.2) is 38.1 Å². The topological polar surface area (TPSA) is 7.68 Å². The molecule has 1 heterocycles. The first kappa shape index (κ1) is 10.5. The molecule has 0 atom stereocenters. The van der Waals surface area contributed by atoms with Crippen molar-refractivity contribution in [2.45, 2.75) is 18.9 Å². The van der Waals surface area contributed by atoms with Gasteiger partial charge in [-0.25, -0.2) is 0 Å². The molecule has 1 N–H and O–H groups in total. The maximum atomic E-state index is 2.59. The molecule has 0 aromatic rings. The van der Waals surface area contributed by atoms with Crippen molar-refractivity contribution in [3.63, 3.8) is 0 Å². The van der Waals surface area contributed by atoms with Gasteiger partial charge < -0.3 is 0 Å². The summed E-state index contributed by atoms with van der Waals surface area (Å²) in [5, 5.41) is 0. The van der Waals surface area contributed by atoms with Gasteiger partial charge >= 0.3 is 90.2 Å². The van der Waals surface area contributed by atoms with Gasteiger partial charge in [0.25, 0.3) is 0 Å². The van der Waals surface area contributed by atoms with E-state index in [-0.39, 0.29) is 0 Å². The third-order valence-electron chi connectivity index (χ3n) is 2.33. The Balaban J connectivity index is 2.24. The summed E-state index contributed by atoms with van der Waals surface area (Å²) >= 11 is 3.01. The van der Waals surface area contributed by atoms with Crippen LogP contribution in [0.25, 0.3) is 0 Å². The molecule has 1 rings (SSSR count). The molecule has 0 aliphatic carbocycles. The number of nitrogens with one attached hydrogen (secondary N) is 1. The van der Waals surface area contributed by atoms with Gasteiger partial charge in [-0.2, -0.15) is 0 Å². The molecule has 0 radical (unpaired) electrons. The molecule has 1 saturated heterocycles. The predicted octanol–water partition coefficient (Wildman–Crippen LogP) is -3.05. The number of hydrogen-bond donors (Lipinski definition) is 1. The summed E-state index contributed by atoms with van der Waals surface area (Å²) < 4.78 is 1.88. The molecule has 2 nitrogen and oxygen atoms in total. The normalized spacial score (nSPS) is 33.1. The van der Waals surface area contributed by atoms with Crippen LogP contribution in [0.15, 0.2) is 0 Å². The van der Waals surface area contributed by atoms with Crippen LogP contribution >= 0.6 is 18.6 Å². The molecular weight excluding hydrogens is 366 g/mol. The Kier molecular flexibility index (Phi) is 4.93. The summed E-state index contributed by atoms with van der Waals surface area (Å²) in [6, 6.07) is 0.866. The minimum absolute atomic E-state index is 0.415. The zero-order valence-corrected chi connectivity index (χ0v) is 11.4. The first-order valence-electron chi connectivity index (χ1n) is 4.01. The van der Waals surface area contributed by atoms with E-state index in [1.54, 1.807) is 0 Å². The number of nitrogens with zero attached hydrogens (tertiary/aromatic N) is 1. The monoisotopic (exact) mass is 382 g/mol. The van der Waals surface area contributed by atoms with Gasteiger partial charge in [0.05, 0.1) is 0 Å². The van der Waals surface area contributed by atoms with Crippen molar-refractivity contribution in [2.24, 2.45) is 0 Å². The van der Waals surface area contributed by atoms with Crippen LogP contribution in [-0.2, 0) is 0 Å².